The van der Waals surface area contributed by atoms with Gasteiger partial charge in [0.15, 0.2) is 0 Å². The van der Waals surface area contributed by atoms with Gasteiger partial charge in [-0.2, -0.15) is 0 Å². The molecule has 1 atom stereocenters. The van der Waals surface area contributed by atoms with E-state index >= 15 is 0 Å². The summed E-state index contributed by atoms with van der Waals surface area (Å²) in [6.45, 7) is 4.15. The molecule has 5 heteroatoms. The van der Waals surface area contributed by atoms with Crippen LogP contribution in [-0.4, -0.2) is 7.11 Å². The molecule has 0 saturated carbocycles. The first kappa shape index (κ1) is 14.5. The number of ether oxygens (including phenoxy) is 1. The molecule has 2 heterocycles. The van der Waals surface area contributed by atoms with Gasteiger partial charge in [0, 0.05) is 14.3 Å². The fourth-order valence-corrected chi connectivity index (χ4v) is 4.79. The third-order valence-corrected chi connectivity index (χ3v) is 5.86. The Morgan fingerprint density at radius 3 is 2.62 bits per heavy atom. The van der Waals surface area contributed by atoms with Crippen LogP contribution in [0, 0.1) is 13.8 Å². The molecular weight excluding hydrogens is 300 g/mol. The number of hydrogen-bond acceptors (Lipinski definition) is 5. The highest BCUT2D eigenvalue weighted by molar-refractivity contribution is 7.27. The van der Waals surface area contributed by atoms with E-state index in [1.165, 1.54) is 25.4 Å². The zero-order valence-corrected chi connectivity index (χ0v) is 13.9. The molecular formula is C16H18N2OS2. The molecule has 3 nitrogen and oxygen atoms in total. The van der Waals surface area contributed by atoms with Gasteiger partial charge in [-0.25, -0.2) is 5.43 Å². The van der Waals surface area contributed by atoms with E-state index in [2.05, 4.69) is 48.9 Å². The van der Waals surface area contributed by atoms with E-state index in [9.17, 15) is 0 Å². The minimum atomic E-state index is 0.0132. The van der Waals surface area contributed by atoms with Gasteiger partial charge in [-0.3, -0.25) is 5.84 Å². The van der Waals surface area contributed by atoms with Gasteiger partial charge in [0.1, 0.15) is 5.75 Å². The molecule has 0 aliphatic carbocycles. The third kappa shape index (κ3) is 2.58. The number of thiophene rings is 2. The number of rotatable bonds is 4. The lowest BCUT2D eigenvalue weighted by molar-refractivity contribution is 0.411. The standard InChI is InChI=1S/C16H18N2OS2/c1-9-7-12(19-3)10(2)6-11(9)16(18-17)15-8-14-13(21-15)4-5-20-14/h4-8,16,18H,17H2,1-3H3. The smallest absolute Gasteiger partial charge is 0.122 e. The first-order chi connectivity index (χ1) is 10.1. The largest absolute Gasteiger partial charge is 0.496 e. The monoisotopic (exact) mass is 318 g/mol. The zero-order valence-electron chi connectivity index (χ0n) is 12.3. The summed E-state index contributed by atoms with van der Waals surface area (Å²) in [4.78, 5) is 1.24. The Morgan fingerprint density at radius 1 is 1.14 bits per heavy atom. The van der Waals surface area contributed by atoms with Crippen LogP contribution in [0.1, 0.15) is 27.6 Å². The lowest BCUT2D eigenvalue weighted by Gasteiger charge is -2.19. The molecule has 0 bridgehead atoms. The molecule has 3 rings (SSSR count). The third-order valence-electron chi connectivity index (χ3n) is 3.70. The Bertz CT molecular complexity index is 747. The molecule has 3 N–H and O–H groups in total. The summed E-state index contributed by atoms with van der Waals surface area (Å²) in [5, 5.41) is 2.12. The Morgan fingerprint density at radius 2 is 1.95 bits per heavy atom. The van der Waals surface area contributed by atoms with Crippen molar-refractivity contribution >= 4 is 32.1 Å². The molecule has 0 spiro atoms. The van der Waals surface area contributed by atoms with E-state index in [0.717, 1.165) is 11.3 Å². The average molecular weight is 318 g/mol. The van der Waals surface area contributed by atoms with Gasteiger partial charge >= 0.3 is 0 Å². The van der Waals surface area contributed by atoms with E-state index in [0.29, 0.717) is 0 Å². The van der Waals surface area contributed by atoms with E-state index in [1.54, 1.807) is 29.8 Å². The van der Waals surface area contributed by atoms with Gasteiger partial charge in [0.05, 0.1) is 13.2 Å². The molecule has 0 radical (unpaired) electrons. The second-order valence-electron chi connectivity index (χ2n) is 5.08. The Balaban J connectivity index is 2.07. The van der Waals surface area contributed by atoms with E-state index in [4.69, 9.17) is 10.6 Å². The fraction of sp³-hybridized carbons (Fsp3) is 0.250. The molecule has 0 saturated heterocycles. The van der Waals surface area contributed by atoms with Crippen LogP contribution in [0.4, 0.5) is 0 Å². The van der Waals surface area contributed by atoms with Gasteiger partial charge < -0.3 is 4.74 Å². The van der Waals surface area contributed by atoms with Gasteiger partial charge in [-0.1, -0.05) is 6.07 Å². The van der Waals surface area contributed by atoms with E-state index in [1.807, 2.05) is 0 Å². The van der Waals surface area contributed by atoms with Crippen molar-refractivity contribution in [1.29, 1.82) is 0 Å². The summed E-state index contributed by atoms with van der Waals surface area (Å²) in [6, 6.07) is 8.64. The normalized spacial score (nSPS) is 12.8. The Labute approximate surface area is 132 Å². The minimum Gasteiger partial charge on any atom is -0.496 e. The summed E-state index contributed by atoms with van der Waals surface area (Å²) >= 11 is 3.56. The highest BCUT2D eigenvalue weighted by Gasteiger charge is 2.19. The van der Waals surface area contributed by atoms with Gasteiger partial charge in [0.25, 0.3) is 0 Å². The van der Waals surface area contributed by atoms with Crippen molar-refractivity contribution in [1.82, 2.24) is 5.43 Å². The van der Waals surface area contributed by atoms with Crippen molar-refractivity contribution in [2.45, 2.75) is 19.9 Å². The molecule has 21 heavy (non-hydrogen) atoms. The van der Waals surface area contributed by atoms with Crippen LogP contribution < -0.4 is 16.0 Å². The summed E-state index contributed by atoms with van der Waals surface area (Å²) in [5.41, 5.74) is 6.46. The molecule has 110 valence electrons. The van der Waals surface area contributed by atoms with Crippen LogP contribution in [0.5, 0.6) is 5.75 Å². The number of hydrogen-bond donors (Lipinski definition) is 2. The summed E-state index contributed by atoms with van der Waals surface area (Å²) in [6.07, 6.45) is 0. The van der Waals surface area contributed by atoms with Crippen molar-refractivity contribution in [3.8, 4) is 5.75 Å². The van der Waals surface area contributed by atoms with Crippen molar-refractivity contribution in [3.63, 3.8) is 0 Å². The number of benzene rings is 1. The molecule has 0 fully saturated rings. The second kappa shape index (κ2) is 5.77. The summed E-state index contributed by atoms with van der Waals surface area (Å²) in [5.74, 6) is 6.76. The number of nitrogens with one attached hydrogen (secondary N) is 1. The summed E-state index contributed by atoms with van der Waals surface area (Å²) in [7, 11) is 1.70. The maximum atomic E-state index is 5.85. The Hall–Kier alpha value is -1.40. The quantitative estimate of drug-likeness (QED) is 0.561. The number of methoxy groups -OCH3 is 1. The number of aryl methyl sites for hydroxylation is 2. The number of nitrogens with two attached hydrogens (primary N) is 1. The fourth-order valence-electron chi connectivity index (χ4n) is 2.59. The molecule has 0 amide bonds. The van der Waals surface area contributed by atoms with Crippen LogP contribution in [0.15, 0.2) is 29.6 Å². The van der Waals surface area contributed by atoms with Crippen molar-refractivity contribution in [3.05, 3.63) is 51.2 Å². The summed E-state index contributed by atoms with van der Waals surface area (Å²) < 4.78 is 8.02. The van der Waals surface area contributed by atoms with Crippen LogP contribution in [0.2, 0.25) is 0 Å². The molecule has 2 aromatic heterocycles. The Kier molecular flexibility index (Phi) is 3.99. The van der Waals surface area contributed by atoms with Crippen molar-refractivity contribution in [2.75, 3.05) is 7.11 Å². The first-order valence-electron chi connectivity index (χ1n) is 6.72. The maximum absolute atomic E-state index is 5.85. The van der Waals surface area contributed by atoms with Crippen LogP contribution in [0.3, 0.4) is 0 Å². The average Bonchev–Trinajstić information content (AvgIpc) is 3.04. The molecule has 3 aromatic rings. The lowest BCUT2D eigenvalue weighted by Crippen LogP contribution is -2.28. The van der Waals surface area contributed by atoms with Crippen molar-refractivity contribution < 1.29 is 4.74 Å². The topological polar surface area (TPSA) is 47.3 Å². The molecule has 1 aromatic carbocycles. The number of fused-ring (bicyclic) bond motifs is 1. The SMILES string of the molecule is COc1cc(C)c(C(NN)c2cc3sccc3s2)cc1C. The molecule has 0 aliphatic heterocycles. The highest BCUT2D eigenvalue weighted by atomic mass is 32.1. The van der Waals surface area contributed by atoms with Gasteiger partial charge in [0.2, 0.25) is 0 Å². The van der Waals surface area contributed by atoms with Gasteiger partial charge in [-0.15, -0.1) is 22.7 Å². The second-order valence-corrected chi connectivity index (χ2v) is 7.14. The van der Waals surface area contributed by atoms with Crippen LogP contribution in [-0.2, 0) is 0 Å². The zero-order chi connectivity index (χ0) is 15.0. The minimum absolute atomic E-state index is 0.0132. The molecule has 0 aliphatic rings. The van der Waals surface area contributed by atoms with Gasteiger partial charge in [-0.05, 0) is 54.1 Å². The lowest BCUT2D eigenvalue weighted by atomic mass is 9.97. The van der Waals surface area contributed by atoms with E-state index in [-0.39, 0.29) is 6.04 Å². The van der Waals surface area contributed by atoms with Crippen molar-refractivity contribution in [2.24, 2.45) is 5.84 Å². The maximum Gasteiger partial charge on any atom is 0.122 e. The van der Waals surface area contributed by atoms with Crippen LogP contribution in [0.25, 0.3) is 9.40 Å². The highest BCUT2D eigenvalue weighted by Crippen LogP contribution is 2.37. The number of hydrazine groups is 1. The first-order valence-corrected chi connectivity index (χ1v) is 8.42. The predicted octanol–water partition coefficient (Wildman–Crippen LogP) is 4.14. The molecule has 1 unspecified atom stereocenters. The van der Waals surface area contributed by atoms with Crippen LogP contribution >= 0.6 is 22.7 Å². The predicted molar refractivity (Wildman–Crippen MR) is 91.3 cm³/mol. The van der Waals surface area contributed by atoms with E-state index < -0.39 is 0 Å².